The predicted octanol–water partition coefficient (Wildman–Crippen LogP) is 4.39. The van der Waals surface area contributed by atoms with Crippen LogP contribution in [0.5, 0.6) is 0 Å². The predicted molar refractivity (Wildman–Crippen MR) is 117 cm³/mol. The van der Waals surface area contributed by atoms with Gasteiger partial charge in [0.05, 0.1) is 11.9 Å². The average molecular weight is 457 g/mol. The number of urea groups is 1. The van der Waals surface area contributed by atoms with Crippen LogP contribution in [-0.2, 0) is 9.84 Å². The van der Waals surface area contributed by atoms with Crippen molar-refractivity contribution in [2.75, 3.05) is 10.6 Å². The number of Topliss-reactive ketones (excluding diaryl/α,β-unsaturated/α-hetero) is 1. The number of hydrogen-bond acceptors (Lipinski definition) is 7. The number of amides is 2. The van der Waals surface area contributed by atoms with Crippen LogP contribution in [0, 0.1) is 5.92 Å². The van der Waals surface area contributed by atoms with Gasteiger partial charge in [0.2, 0.25) is 9.84 Å². The number of hydrogen-bond donors (Lipinski definition) is 2. The molecule has 2 aromatic heterocycles. The van der Waals surface area contributed by atoms with Crippen molar-refractivity contribution in [3.05, 3.63) is 60.4 Å². The zero-order chi connectivity index (χ0) is 21.8. The second-order valence-electron chi connectivity index (χ2n) is 7.13. The lowest BCUT2D eigenvalue weighted by Gasteiger charge is -2.13. The summed E-state index contributed by atoms with van der Waals surface area (Å²) in [6, 6.07) is 10.9. The molecule has 3 aromatic rings. The standard InChI is InChI=1S/C21H20N4O4S2/c26-19(14-7-1-2-8-14)15-9-3-4-10-16(15)24-20(27)25-21-23-13-18(30-21)31(28,29)17-11-5-6-12-22-17/h3-6,9-14H,1-2,7-8H2,(H2,23,24,25,27). The van der Waals surface area contributed by atoms with Gasteiger partial charge < -0.3 is 5.32 Å². The van der Waals surface area contributed by atoms with Gasteiger partial charge in [0.15, 0.2) is 15.9 Å². The molecule has 1 aliphatic rings. The second-order valence-corrected chi connectivity index (χ2v) is 10.3. The van der Waals surface area contributed by atoms with Crippen LogP contribution < -0.4 is 10.6 Å². The number of carbonyl (C=O) groups is 2. The fourth-order valence-corrected chi connectivity index (χ4v) is 5.85. The average Bonchev–Trinajstić information content (AvgIpc) is 3.47. The Morgan fingerprint density at radius 2 is 1.71 bits per heavy atom. The molecule has 10 heteroatoms. The quantitative estimate of drug-likeness (QED) is 0.531. The number of nitrogens with zero attached hydrogens (tertiary/aromatic N) is 2. The number of anilines is 2. The molecule has 0 spiro atoms. The summed E-state index contributed by atoms with van der Waals surface area (Å²) in [5, 5.41) is 5.24. The Balaban J connectivity index is 1.47. The van der Waals surface area contributed by atoms with Crippen LogP contribution in [0.15, 0.2) is 64.1 Å². The number of rotatable bonds is 6. The van der Waals surface area contributed by atoms with Crippen molar-refractivity contribution < 1.29 is 18.0 Å². The van der Waals surface area contributed by atoms with Crippen molar-refractivity contribution in [3.8, 4) is 0 Å². The molecule has 0 bridgehead atoms. The zero-order valence-electron chi connectivity index (χ0n) is 16.4. The monoisotopic (exact) mass is 456 g/mol. The summed E-state index contributed by atoms with van der Waals surface area (Å²) in [6.45, 7) is 0. The molecule has 1 aromatic carbocycles. The number of ketones is 1. The van der Waals surface area contributed by atoms with Crippen LogP contribution >= 0.6 is 11.3 Å². The number of sulfone groups is 1. The smallest absolute Gasteiger partial charge is 0.307 e. The number of para-hydroxylation sites is 1. The van der Waals surface area contributed by atoms with Crippen LogP contribution in [0.2, 0.25) is 0 Å². The number of carbonyl (C=O) groups excluding carboxylic acids is 2. The topological polar surface area (TPSA) is 118 Å². The van der Waals surface area contributed by atoms with E-state index in [0.717, 1.165) is 37.0 Å². The number of pyridine rings is 1. The summed E-state index contributed by atoms with van der Waals surface area (Å²) >= 11 is 0.826. The summed E-state index contributed by atoms with van der Waals surface area (Å²) in [7, 11) is -3.81. The van der Waals surface area contributed by atoms with Crippen LogP contribution in [0.1, 0.15) is 36.0 Å². The van der Waals surface area contributed by atoms with E-state index >= 15 is 0 Å². The second kappa shape index (κ2) is 8.94. The lowest BCUT2D eigenvalue weighted by Crippen LogP contribution is -2.22. The van der Waals surface area contributed by atoms with Crippen molar-refractivity contribution in [1.29, 1.82) is 0 Å². The Hall–Kier alpha value is -3.11. The molecule has 2 amide bonds. The fourth-order valence-electron chi connectivity index (χ4n) is 3.52. The maximum absolute atomic E-state index is 12.8. The molecule has 1 fully saturated rings. The SMILES string of the molecule is O=C(Nc1ncc(S(=O)(=O)c2ccccn2)s1)Nc1ccccc1C(=O)C1CCCC1. The van der Waals surface area contributed by atoms with Gasteiger partial charge in [-0.3, -0.25) is 10.1 Å². The highest BCUT2D eigenvalue weighted by molar-refractivity contribution is 7.93. The Labute approximate surface area is 183 Å². The van der Waals surface area contributed by atoms with Crippen LogP contribution in [0.3, 0.4) is 0 Å². The van der Waals surface area contributed by atoms with Crippen LogP contribution in [0.25, 0.3) is 0 Å². The molecule has 1 saturated carbocycles. The molecule has 0 unspecified atom stereocenters. The van der Waals surface area contributed by atoms with E-state index in [9.17, 15) is 18.0 Å². The summed E-state index contributed by atoms with van der Waals surface area (Å²) in [5.41, 5.74) is 0.886. The molecule has 8 nitrogen and oxygen atoms in total. The first-order chi connectivity index (χ1) is 14.9. The molecule has 2 heterocycles. The molecule has 0 saturated heterocycles. The van der Waals surface area contributed by atoms with E-state index in [4.69, 9.17) is 0 Å². The summed E-state index contributed by atoms with van der Waals surface area (Å²) in [4.78, 5) is 33.1. The molecular weight excluding hydrogens is 436 g/mol. The number of thiazole rings is 1. The molecule has 160 valence electrons. The first-order valence-corrected chi connectivity index (χ1v) is 12.1. The van der Waals surface area contributed by atoms with E-state index in [2.05, 4.69) is 20.6 Å². The van der Waals surface area contributed by atoms with Gasteiger partial charge in [-0.1, -0.05) is 42.4 Å². The molecule has 0 radical (unpaired) electrons. The minimum Gasteiger partial charge on any atom is -0.307 e. The zero-order valence-corrected chi connectivity index (χ0v) is 18.1. The van der Waals surface area contributed by atoms with E-state index in [0.29, 0.717) is 11.3 Å². The lowest BCUT2D eigenvalue weighted by molar-refractivity contribution is 0.0923. The highest BCUT2D eigenvalue weighted by Crippen LogP contribution is 2.31. The summed E-state index contributed by atoms with van der Waals surface area (Å²) in [6.07, 6.45) is 6.39. The van der Waals surface area contributed by atoms with Gasteiger partial charge in [-0.15, -0.1) is 0 Å². The highest BCUT2D eigenvalue weighted by atomic mass is 32.2. The molecule has 4 rings (SSSR count). The first-order valence-electron chi connectivity index (χ1n) is 9.78. The van der Waals surface area contributed by atoms with Crippen molar-refractivity contribution in [1.82, 2.24) is 9.97 Å². The number of benzene rings is 1. The third-order valence-corrected chi connectivity index (χ3v) is 8.09. The highest BCUT2D eigenvalue weighted by Gasteiger charge is 2.26. The number of nitrogens with one attached hydrogen (secondary N) is 2. The van der Waals surface area contributed by atoms with Gasteiger partial charge in [-0.25, -0.2) is 23.2 Å². The van der Waals surface area contributed by atoms with Crippen LogP contribution in [-0.4, -0.2) is 30.2 Å². The van der Waals surface area contributed by atoms with E-state index < -0.39 is 15.9 Å². The van der Waals surface area contributed by atoms with Gasteiger partial charge in [0.25, 0.3) is 0 Å². The number of aromatic nitrogens is 2. The van der Waals surface area contributed by atoms with E-state index in [-0.39, 0.29) is 26.1 Å². The molecule has 0 atom stereocenters. The summed E-state index contributed by atoms with van der Waals surface area (Å²) in [5.74, 6) is 0.0238. The van der Waals surface area contributed by atoms with E-state index in [1.807, 2.05) is 0 Å². The molecule has 0 aliphatic heterocycles. The van der Waals surface area contributed by atoms with Gasteiger partial charge in [-0.2, -0.15) is 0 Å². The third kappa shape index (κ3) is 4.64. The molecule has 1 aliphatic carbocycles. The fraction of sp³-hybridized carbons (Fsp3) is 0.238. The Bertz CT molecular complexity index is 1200. The molecular formula is C21H20N4O4S2. The van der Waals surface area contributed by atoms with Crippen molar-refractivity contribution in [2.24, 2.45) is 5.92 Å². The van der Waals surface area contributed by atoms with Crippen molar-refractivity contribution in [3.63, 3.8) is 0 Å². The Kier molecular flexibility index (Phi) is 6.10. The normalized spacial score (nSPS) is 14.3. The molecule has 31 heavy (non-hydrogen) atoms. The maximum Gasteiger partial charge on any atom is 0.325 e. The van der Waals surface area contributed by atoms with Crippen molar-refractivity contribution >= 4 is 43.8 Å². The van der Waals surface area contributed by atoms with Gasteiger partial charge >= 0.3 is 6.03 Å². The first kappa shape index (κ1) is 21.1. The third-order valence-electron chi connectivity index (χ3n) is 5.05. The minimum absolute atomic E-state index is 0.00988. The lowest BCUT2D eigenvalue weighted by atomic mass is 9.95. The van der Waals surface area contributed by atoms with E-state index in [1.54, 1.807) is 36.4 Å². The largest absolute Gasteiger partial charge is 0.325 e. The maximum atomic E-state index is 12.8. The minimum atomic E-state index is -3.81. The Morgan fingerprint density at radius 3 is 2.45 bits per heavy atom. The van der Waals surface area contributed by atoms with Crippen LogP contribution in [0.4, 0.5) is 15.6 Å². The summed E-state index contributed by atoms with van der Waals surface area (Å²) < 4.78 is 25.2. The van der Waals surface area contributed by atoms with Gasteiger partial charge in [0.1, 0.15) is 4.21 Å². The Morgan fingerprint density at radius 1 is 0.968 bits per heavy atom. The van der Waals surface area contributed by atoms with E-state index in [1.165, 1.54) is 18.5 Å². The molecule has 2 N–H and O–H groups in total. The van der Waals surface area contributed by atoms with Gasteiger partial charge in [0, 0.05) is 17.7 Å². The van der Waals surface area contributed by atoms with Crippen molar-refractivity contribution in [2.45, 2.75) is 34.9 Å². The van der Waals surface area contributed by atoms with Gasteiger partial charge in [-0.05, 0) is 37.1 Å².